The predicted octanol–water partition coefficient (Wildman–Crippen LogP) is 3.62. The number of anilines is 1. The van der Waals surface area contributed by atoms with E-state index in [1.807, 2.05) is 6.92 Å². The first-order chi connectivity index (χ1) is 9.59. The van der Waals surface area contributed by atoms with E-state index < -0.39 is 0 Å². The third kappa shape index (κ3) is 1.74. The molecule has 0 aromatic carbocycles. The van der Waals surface area contributed by atoms with Crippen LogP contribution < -0.4 is 5.73 Å². The lowest BCUT2D eigenvalue weighted by Gasteiger charge is -2.10. The summed E-state index contributed by atoms with van der Waals surface area (Å²) in [6.07, 6.45) is 0. The van der Waals surface area contributed by atoms with E-state index in [0.717, 1.165) is 23.4 Å². The smallest absolute Gasteiger partial charge is 0.146 e. The lowest BCUT2D eigenvalue weighted by molar-refractivity contribution is 0.457. The van der Waals surface area contributed by atoms with Crippen LogP contribution in [0.3, 0.4) is 0 Å². The second-order valence-electron chi connectivity index (χ2n) is 7.67. The first kappa shape index (κ1) is 14.4. The maximum atomic E-state index is 6.13. The molecule has 2 N–H and O–H groups in total. The summed E-state index contributed by atoms with van der Waals surface area (Å²) in [5, 5.41) is 1.02. The molecule has 0 amide bonds. The molecule has 0 saturated heterocycles. The molecule has 2 aromatic rings. The number of hydrogen-bond donors (Lipinski definition) is 1. The van der Waals surface area contributed by atoms with Gasteiger partial charge in [-0.25, -0.2) is 9.97 Å². The third-order valence-electron chi connectivity index (χ3n) is 6.29. The van der Waals surface area contributed by atoms with Crippen molar-refractivity contribution in [3.05, 3.63) is 17.1 Å². The topological polar surface area (TPSA) is 56.7 Å². The van der Waals surface area contributed by atoms with Crippen molar-refractivity contribution in [3.63, 3.8) is 0 Å². The minimum Gasteiger partial charge on any atom is -0.383 e. The van der Waals surface area contributed by atoms with Gasteiger partial charge >= 0.3 is 0 Å². The summed E-state index contributed by atoms with van der Waals surface area (Å²) < 4.78 is 2.34. The van der Waals surface area contributed by atoms with Crippen LogP contribution in [0.5, 0.6) is 0 Å². The summed E-state index contributed by atoms with van der Waals surface area (Å²) in [5.41, 5.74) is 10.3. The van der Waals surface area contributed by atoms with E-state index in [1.165, 1.54) is 11.3 Å². The van der Waals surface area contributed by atoms with Crippen molar-refractivity contribution in [3.8, 4) is 0 Å². The fraction of sp³-hybridized carbons (Fsp3) is 0.647. The summed E-state index contributed by atoms with van der Waals surface area (Å²) in [4.78, 5) is 8.99. The third-order valence-corrected chi connectivity index (χ3v) is 6.29. The van der Waals surface area contributed by atoms with Gasteiger partial charge in [-0.15, -0.1) is 0 Å². The van der Waals surface area contributed by atoms with Crippen molar-refractivity contribution in [2.45, 2.75) is 55.0 Å². The Labute approximate surface area is 126 Å². The molecular weight excluding hydrogens is 260 g/mol. The van der Waals surface area contributed by atoms with Gasteiger partial charge in [0.25, 0.3) is 0 Å². The molecule has 0 atom stereocenters. The summed E-state index contributed by atoms with van der Waals surface area (Å²) in [7, 11) is 0. The molecule has 114 valence electrons. The van der Waals surface area contributed by atoms with Crippen LogP contribution >= 0.6 is 0 Å². The quantitative estimate of drug-likeness (QED) is 0.917. The van der Waals surface area contributed by atoms with Gasteiger partial charge in [0.1, 0.15) is 17.3 Å². The van der Waals surface area contributed by atoms with Gasteiger partial charge in [-0.05, 0) is 43.1 Å². The summed E-state index contributed by atoms with van der Waals surface area (Å²) >= 11 is 0. The minimum atomic E-state index is 0.373. The summed E-state index contributed by atoms with van der Waals surface area (Å²) in [6.45, 7) is 16.6. The second kappa shape index (κ2) is 3.99. The highest BCUT2D eigenvalue weighted by molar-refractivity contribution is 5.91. The Morgan fingerprint density at radius 1 is 1.05 bits per heavy atom. The zero-order chi connectivity index (χ0) is 15.7. The number of aromatic nitrogens is 3. The zero-order valence-corrected chi connectivity index (χ0v) is 14.2. The largest absolute Gasteiger partial charge is 0.383 e. The molecular formula is C17H26N4. The number of nitrogens with zero attached hydrogens (tertiary/aromatic N) is 3. The number of nitrogens with two attached hydrogens (primary N) is 1. The Kier molecular flexibility index (Phi) is 2.73. The molecule has 21 heavy (non-hydrogen) atoms. The van der Waals surface area contributed by atoms with E-state index in [1.54, 1.807) is 0 Å². The molecule has 1 aliphatic rings. The molecule has 1 aliphatic carbocycles. The standard InChI is InChI=1S/C17H26N4/c1-9-10(2)21(8-12-16(4,5)17(12,6)7)15-13(9)14(18)19-11(3)20-15/h12H,8H2,1-7H3,(H2,18,19,20). The molecule has 1 fully saturated rings. The molecule has 4 nitrogen and oxygen atoms in total. The molecule has 0 unspecified atom stereocenters. The van der Waals surface area contributed by atoms with E-state index in [0.29, 0.717) is 22.6 Å². The van der Waals surface area contributed by atoms with Crippen molar-refractivity contribution in [1.82, 2.24) is 14.5 Å². The van der Waals surface area contributed by atoms with Gasteiger partial charge in [0.05, 0.1) is 5.39 Å². The van der Waals surface area contributed by atoms with Crippen LogP contribution in [0.1, 0.15) is 44.8 Å². The van der Waals surface area contributed by atoms with Crippen LogP contribution in [0.15, 0.2) is 0 Å². The van der Waals surface area contributed by atoms with E-state index in [2.05, 4.69) is 56.1 Å². The van der Waals surface area contributed by atoms with Gasteiger partial charge in [0.15, 0.2) is 0 Å². The maximum absolute atomic E-state index is 6.13. The highest BCUT2D eigenvalue weighted by Gasteiger charge is 2.64. The Morgan fingerprint density at radius 2 is 1.62 bits per heavy atom. The number of rotatable bonds is 2. The number of aryl methyl sites for hydroxylation is 2. The summed E-state index contributed by atoms with van der Waals surface area (Å²) in [6, 6.07) is 0. The van der Waals surface area contributed by atoms with E-state index in [-0.39, 0.29) is 0 Å². The first-order valence-electron chi connectivity index (χ1n) is 7.68. The first-order valence-corrected chi connectivity index (χ1v) is 7.68. The Bertz CT molecular complexity index is 723. The lowest BCUT2D eigenvalue weighted by Crippen LogP contribution is -2.08. The average molecular weight is 286 g/mol. The van der Waals surface area contributed by atoms with Crippen LogP contribution in [0, 0.1) is 37.5 Å². The molecule has 0 spiro atoms. The van der Waals surface area contributed by atoms with Crippen LogP contribution in [-0.4, -0.2) is 14.5 Å². The van der Waals surface area contributed by atoms with Crippen LogP contribution in [0.2, 0.25) is 0 Å². The normalized spacial score (nSPS) is 20.1. The lowest BCUT2D eigenvalue weighted by atomic mass is 10.0. The van der Waals surface area contributed by atoms with Gasteiger partial charge in [-0.1, -0.05) is 27.7 Å². The Hall–Kier alpha value is -1.58. The van der Waals surface area contributed by atoms with Crippen molar-refractivity contribution < 1.29 is 0 Å². The SMILES string of the molecule is Cc1nc(N)c2c(C)c(C)n(CC3C(C)(C)C3(C)C)c2n1. The zero-order valence-electron chi connectivity index (χ0n) is 14.2. The molecule has 0 bridgehead atoms. The number of fused-ring (bicyclic) bond motifs is 1. The van der Waals surface area contributed by atoms with Gasteiger partial charge in [-0.2, -0.15) is 0 Å². The van der Waals surface area contributed by atoms with Crippen LogP contribution in [0.4, 0.5) is 5.82 Å². The van der Waals surface area contributed by atoms with Crippen LogP contribution in [0.25, 0.3) is 11.0 Å². The van der Waals surface area contributed by atoms with Crippen molar-refractivity contribution >= 4 is 16.9 Å². The highest BCUT2D eigenvalue weighted by atomic mass is 15.1. The van der Waals surface area contributed by atoms with Crippen molar-refractivity contribution in [1.29, 1.82) is 0 Å². The van der Waals surface area contributed by atoms with Gasteiger partial charge in [-0.3, -0.25) is 0 Å². The van der Waals surface area contributed by atoms with Crippen molar-refractivity contribution in [2.75, 3.05) is 5.73 Å². The van der Waals surface area contributed by atoms with Crippen molar-refractivity contribution in [2.24, 2.45) is 16.7 Å². The number of nitrogen functional groups attached to an aromatic ring is 1. The maximum Gasteiger partial charge on any atom is 0.146 e. The molecule has 3 rings (SSSR count). The summed E-state index contributed by atoms with van der Waals surface area (Å²) in [5.74, 6) is 2.01. The second-order valence-corrected chi connectivity index (χ2v) is 7.67. The van der Waals surface area contributed by atoms with Gasteiger partial charge in [0, 0.05) is 12.2 Å². The molecule has 0 radical (unpaired) electrons. The minimum absolute atomic E-state index is 0.373. The Morgan fingerprint density at radius 3 is 2.14 bits per heavy atom. The fourth-order valence-electron chi connectivity index (χ4n) is 3.87. The van der Waals surface area contributed by atoms with E-state index >= 15 is 0 Å². The average Bonchev–Trinajstić information content (AvgIpc) is 2.60. The molecule has 1 saturated carbocycles. The predicted molar refractivity (Wildman–Crippen MR) is 87.2 cm³/mol. The highest BCUT2D eigenvalue weighted by Crippen LogP contribution is 2.69. The van der Waals surface area contributed by atoms with Crippen LogP contribution in [-0.2, 0) is 6.54 Å². The molecule has 4 heteroatoms. The molecule has 0 aliphatic heterocycles. The molecule has 2 heterocycles. The Balaban J connectivity index is 2.14. The fourth-order valence-corrected chi connectivity index (χ4v) is 3.87. The van der Waals surface area contributed by atoms with E-state index in [9.17, 15) is 0 Å². The monoisotopic (exact) mass is 286 g/mol. The molecule has 2 aromatic heterocycles. The van der Waals surface area contributed by atoms with Gasteiger partial charge < -0.3 is 10.3 Å². The number of hydrogen-bond acceptors (Lipinski definition) is 3. The van der Waals surface area contributed by atoms with Gasteiger partial charge in [0.2, 0.25) is 0 Å². The van der Waals surface area contributed by atoms with E-state index in [4.69, 9.17) is 5.73 Å².